The van der Waals surface area contributed by atoms with Gasteiger partial charge in [-0.25, -0.2) is 4.98 Å². The van der Waals surface area contributed by atoms with E-state index in [4.69, 9.17) is 17.3 Å². The Bertz CT molecular complexity index is 764. The second-order valence-corrected chi connectivity index (χ2v) is 5.12. The summed E-state index contributed by atoms with van der Waals surface area (Å²) in [6, 6.07) is 7.43. The van der Waals surface area contributed by atoms with E-state index < -0.39 is 0 Å². The van der Waals surface area contributed by atoms with Crippen molar-refractivity contribution in [3.05, 3.63) is 41.7 Å². The van der Waals surface area contributed by atoms with Crippen LogP contribution >= 0.6 is 11.6 Å². The molecule has 0 aliphatic heterocycles. The summed E-state index contributed by atoms with van der Waals surface area (Å²) in [5, 5.41) is 0.655. The fourth-order valence-electron chi connectivity index (χ4n) is 2.36. The van der Waals surface area contributed by atoms with Gasteiger partial charge in [0.25, 0.3) is 0 Å². The smallest absolute Gasteiger partial charge is 0.143 e. The number of nitrogens with two attached hydrogens (primary N) is 1. The maximum Gasteiger partial charge on any atom is 0.143 e. The van der Waals surface area contributed by atoms with Crippen LogP contribution in [-0.2, 0) is 6.54 Å². The van der Waals surface area contributed by atoms with Crippen LogP contribution in [0, 0.1) is 0 Å². The molecule has 0 bridgehead atoms. The summed E-state index contributed by atoms with van der Waals surface area (Å²) < 4.78 is 2.17. The van der Waals surface area contributed by atoms with Gasteiger partial charge in [-0.05, 0) is 30.7 Å². The van der Waals surface area contributed by atoms with Crippen LogP contribution in [0.3, 0.4) is 0 Å². The third-order valence-electron chi connectivity index (χ3n) is 3.25. The number of pyridine rings is 1. The molecule has 0 radical (unpaired) electrons. The van der Waals surface area contributed by atoms with Gasteiger partial charge in [0.05, 0.1) is 11.7 Å². The molecule has 0 saturated heterocycles. The quantitative estimate of drug-likeness (QED) is 0.746. The normalized spacial score (nSPS) is 11.1. The molecule has 0 spiro atoms. The maximum atomic E-state index is 6.09. The first-order valence-electron chi connectivity index (χ1n) is 6.56. The van der Waals surface area contributed by atoms with Gasteiger partial charge >= 0.3 is 0 Å². The van der Waals surface area contributed by atoms with Gasteiger partial charge < -0.3 is 10.3 Å². The van der Waals surface area contributed by atoms with Crippen LogP contribution in [0.2, 0.25) is 5.02 Å². The van der Waals surface area contributed by atoms with Crippen molar-refractivity contribution < 1.29 is 0 Å². The van der Waals surface area contributed by atoms with Crippen molar-refractivity contribution in [1.82, 2.24) is 14.5 Å². The first-order chi connectivity index (χ1) is 9.70. The summed E-state index contributed by atoms with van der Waals surface area (Å²) in [6.07, 6.45) is 4.56. The number of anilines is 1. The molecule has 0 saturated carbocycles. The molecule has 2 heterocycles. The second-order valence-electron chi connectivity index (χ2n) is 4.68. The molecule has 3 aromatic rings. The van der Waals surface area contributed by atoms with Gasteiger partial charge in [-0.3, -0.25) is 4.98 Å². The lowest BCUT2D eigenvalue weighted by molar-refractivity contribution is 0.704. The number of nitrogen functional groups attached to an aromatic ring is 1. The molecule has 1 aromatic carbocycles. The summed E-state index contributed by atoms with van der Waals surface area (Å²) in [7, 11) is 0. The summed E-state index contributed by atoms with van der Waals surface area (Å²) in [5.74, 6) is 0.842. The summed E-state index contributed by atoms with van der Waals surface area (Å²) in [6.45, 7) is 3.01. The number of aryl methyl sites for hydroxylation is 1. The first-order valence-corrected chi connectivity index (χ1v) is 6.94. The molecular formula is C15H15ClN4. The SMILES string of the molecule is CCCn1c(-c2cc(Cl)ccc2N)nc2cnccc21. The lowest BCUT2D eigenvalue weighted by atomic mass is 10.1. The lowest BCUT2D eigenvalue weighted by Crippen LogP contribution is -2.01. The van der Waals surface area contributed by atoms with E-state index in [1.54, 1.807) is 18.5 Å². The predicted octanol–water partition coefficient (Wildman–Crippen LogP) is 3.74. The molecule has 20 heavy (non-hydrogen) atoms. The summed E-state index contributed by atoms with van der Waals surface area (Å²) >= 11 is 6.09. The molecule has 3 rings (SSSR count). The van der Waals surface area contributed by atoms with Gasteiger partial charge in [-0.1, -0.05) is 18.5 Å². The molecule has 0 amide bonds. The molecule has 2 aromatic heterocycles. The van der Waals surface area contributed by atoms with Crippen molar-refractivity contribution >= 4 is 28.3 Å². The third-order valence-corrected chi connectivity index (χ3v) is 3.49. The van der Waals surface area contributed by atoms with Gasteiger partial charge in [-0.15, -0.1) is 0 Å². The summed E-state index contributed by atoms with van der Waals surface area (Å²) in [5.41, 5.74) is 9.56. The molecule has 0 fully saturated rings. The van der Waals surface area contributed by atoms with Crippen LogP contribution in [0.5, 0.6) is 0 Å². The maximum absolute atomic E-state index is 6.09. The van der Waals surface area contributed by atoms with Crippen molar-refractivity contribution in [2.75, 3.05) is 5.73 Å². The minimum atomic E-state index is 0.655. The number of imidazole rings is 1. The number of aromatic nitrogens is 3. The Balaban J connectivity index is 2.29. The molecule has 2 N–H and O–H groups in total. The lowest BCUT2D eigenvalue weighted by Gasteiger charge is -2.10. The van der Waals surface area contributed by atoms with Crippen molar-refractivity contribution in [2.24, 2.45) is 0 Å². The Hall–Kier alpha value is -2.07. The highest BCUT2D eigenvalue weighted by molar-refractivity contribution is 6.31. The van der Waals surface area contributed by atoms with Crippen molar-refractivity contribution in [3.8, 4) is 11.4 Å². The zero-order chi connectivity index (χ0) is 14.1. The molecule has 102 valence electrons. The highest BCUT2D eigenvalue weighted by atomic mass is 35.5. The number of nitrogens with zero attached hydrogens (tertiary/aromatic N) is 3. The van der Waals surface area contributed by atoms with Crippen molar-refractivity contribution in [1.29, 1.82) is 0 Å². The van der Waals surface area contributed by atoms with E-state index in [1.165, 1.54) is 0 Å². The van der Waals surface area contributed by atoms with E-state index in [-0.39, 0.29) is 0 Å². The van der Waals surface area contributed by atoms with E-state index in [1.807, 2.05) is 18.2 Å². The standard InChI is InChI=1S/C15H15ClN4/c1-2-7-20-14-5-6-18-9-13(14)19-15(20)11-8-10(16)3-4-12(11)17/h3-6,8-9H,2,7,17H2,1H3. The Morgan fingerprint density at radius 1 is 1.30 bits per heavy atom. The molecule has 0 aliphatic carbocycles. The van der Waals surface area contributed by atoms with Crippen molar-refractivity contribution in [2.45, 2.75) is 19.9 Å². The van der Waals surface area contributed by atoms with Crippen LogP contribution in [0.4, 0.5) is 5.69 Å². The highest BCUT2D eigenvalue weighted by Gasteiger charge is 2.14. The van der Waals surface area contributed by atoms with Crippen LogP contribution in [0.1, 0.15) is 13.3 Å². The van der Waals surface area contributed by atoms with Crippen LogP contribution in [0.25, 0.3) is 22.4 Å². The highest BCUT2D eigenvalue weighted by Crippen LogP contribution is 2.31. The molecule has 4 nitrogen and oxygen atoms in total. The monoisotopic (exact) mass is 286 g/mol. The van der Waals surface area contributed by atoms with E-state index in [9.17, 15) is 0 Å². The number of halogens is 1. The number of rotatable bonds is 3. The third kappa shape index (κ3) is 2.12. The molecule has 0 atom stereocenters. The van der Waals surface area contributed by atoms with E-state index in [0.717, 1.165) is 35.4 Å². The van der Waals surface area contributed by atoms with Gasteiger partial charge in [0, 0.05) is 29.0 Å². The van der Waals surface area contributed by atoms with Crippen LogP contribution in [0.15, 0.2) is 36.7 Å². The summed E-state index contributed by atoms with van der Waals surface area (Å²) in [4.78, 5) is 8.79. The minimum absolute atomic E-state index is 0.655. The fraction of sp³-hybridized carbons (Fsp3) is 0.200. The van der Waals surface area contributed by atoms with E-state index in [0.29, 0.717) is 10.7 Å². The minimum Gasteiger partial charge on any atom is -0.398 e. The number of hydrogen-bond donors (Lipinski definition) is 1. The van der Waals surface area contributed by atoms with E-state index in [2.05, 4.69) is 21.5 Å². The molecule has 5 heteroatoms. The average molecular weight is 287 g/mol. The van der Waals surface area contributed by atoms with Crippen molar-refractivity contribution in [3.63, 3.8) is 0 Å². The van der Waals surface area contributed by atoms with Gasteiger partial charge in [0.1, 0.15) is 11.3 Å². The molecular weight excluding hydrogens is 272 g/mol. The zero-order valence-corrected chi connectivity index (χ0v) is 11.9. The molecule has 0 aliphatic rings. The van der Waals surface area contributed by atoms with Gasteiger partial charge in [0.15, 0.2) is 0 Å². The Morgan fingerprint density at radius 2 is 2.15 bits per heavy atom. The van der Waals surface area contributed by atoms with Crippen LogP contribution in [-0.4, -0.2) is 14.5 Å². The van der Waals surface area contributed by atoms with Gasteiger partial charge in [-0.2, -0.15) is 0 Å². The Morgan fingerprint density at radius 3 is 2.95 bits per heavy atom. The largest absolute Gasteiger partial charge is 0.398 e. The predicted molar refractivity (Wildman–Crippen MR) is 82.7 cm³/mol. The topological polar surface area (TPSA) is 56.7 Å². The second kappa shape index (κ2) is 5.13. The first kappa shape index (κ1) is 12.9. The Labute approximate surface area is 122 Å². The Kier molecular flexibility index (Phi) is 3.32. The van der Waals surface area contributed by atoms with E-state index >= 15 is 0 Å². The number of benzene rings is 1. The number of hydrogen-bond acceptors (Lipinski definition) is 3. The zero-order valence-electron chi connectivity index (χ0n) is 11.2. The van der Waals surface area contributed by atoms with Crippen LogP contribution < -0.4 is 5.73 Å². The number of fused-ring (bicyclic) bond motifs is 1. The fourth-order valence-corrected chi connectivity index (χ4v) is 2.53. The average Bonchev–Trinajstić information content (AvgIpc) is 2.81. The van der Waals surface area contributed by atoms with Gasteiger partial charge in [0.2, 0.25) is 0 Å². The molecule has 0 unspecified atom stereocenters.